The van der Waals surface area contributed by atoms with Crippen LogP contribution in [0.5, 0.6) is 0 Å². The summed E-state index contributed by atoms with van der Waals surface area (Å²) in [7, 11) is 1.54. The van der Waals surface area contributed by atoms with Gasteiger partial charge in [-0.05, 0) is 114 Å². The van der Waals surface area contributed by atoms with E-state index in [9.17, 15) is 39.0 Å². The number of Topliss-reactive ketones (excluding diaryl/α,β-unsaturated/α-hetero) is 2. The fraction of sp³-hybridized carbons (Fsp3) is 0.783. The van der Waals surface area contributed by atoms with Crippen LogP contribution >= 0.6 is 0 Å². The molecule has 1 aliphatic carbocycles. The zero-order valence-corrected chi connectivity index (χ0v) is 37.6. The third kappa shape index (κ3) is 11.7. The van der Waals surface area contributed by atoms with Gasteiger partial charge in [0.1, 0.15) is 24.3 Å². The van der Waals surface area contributed by atoms with Gasteiger partial charge in [-0.3, -0.25) is 19.2 Å². The van der Waals surface area contributed by atoms with E-state index >= 15 is 0 Å². The van der Waals surface area contributed by atoms with E-state index in [1.165, 1.54) is 9.80 Å². The molecule has 10 atom stereocenters. The van der Waals surface area contributed by atoms with Crippen LogP contribution in [-0.2, 0) is 47.7 Å². The molecule has 2 amide bonds. The summed E-state index contributed by atoms with van der Waals surface area (Å²) in [6.45, 7) is 16.5. The molecular formula is C46H72N2O12. The lowest BCUT2D eigenvalue weighted by Gasteiger charge is -2.41. The highest BCUT2D eigenvalue weighted by Gasteiger charge is 2.55. The molecule has 4 rings (SSSR count). The van der Waals surface area contributed by atoms with Crippen LogP contribution in [0, 0.1) is 29.1 Å². The van der Waals surface area contributed by atoms with Crippen LogP contribution in [0.3, 0.4) is 0 Å². The summed E-state index contributed by atoms with van der Waals surface area (Å²) in [5, 5.41) is 22.3. The zero-order chi connectivity index (χ0) is 44.7. The number of carbonyl (C=O) groups excluding carboxylic acids is 6. The van der Waals surface area contributed by atoms with Crippen molar-refractivity contribution in [2.24, 2.45) is 29.1 Å². The average Bonchev–Trinajstić information content (AvgIpc) is 3.33. The van der Waals surface area contributed by atoms with Crippen molar-refractivity contribution in [3.63, 3.8) is 0 Å². The maximum absolute atomic E-state index is 14.5. The largest absolute Gasteiger partial charge is 0.461 e. The topological polar surface area (TPSA) is 186 Å². The Bertz CT molecular complexity index is 1620. The lowest BCUT2D eigenvalue weighted by Crippen LogP contribution is -2.62. The minimum Gasteiger partial charge on any atom is -0.461 e. The molecule has 0 aromatic carbocycles. The summed E-state index contributed by atoms with van der Waals surface area (Å²) in [6.07, 6.45) is 7.88. The number of carbonyl (C=O) groups is 6. The number of amides is 2. The Morgan fingerprint density at radius 3 is 2.27 bits per heavy atom. The molecule has 0 aromatic heterocycles. The minimum absolute atomic E-state index is 0.0987. The van der Waals surface area contributed by atoms with Crippen LogP contribution in [0.4, 0.5) is 0 Å². The van der Waals surface area contributed by atoms with Gasteiger partial charge in [0.15, 0.2) is 0 Å². The van der Waals surface area contributed by atoms with Gasteiger partial charge in [0, 0.05) is 31.5 Å². The number of likely N-dealkylation sites (tertiary alicyclic amines) is 2. The van der Waals surface area contributed by atoms with Gasteiger partial charge in [-0.1, -0.05) is 60.6 Å². The van der Waals surface area contributed by atoms with E-state index in [1.54, 1.807) is 47.8 Å². The number of hydrogen-bond acceptors (Lipinski definition) is 12. The van der Waals surface area contributed by atoms with Crippen LogP contribution in [-0.4, -0.2) is 124 Å². The summed E-state index contributed by atoms with van der Waals surface area (Å²) in [6, 6.07) is -2.00. The Hall–Kier alpha value is -3.46. The maximum atomic E-state index is 14.5. The Kier molecular flexibility index (Phi) is 17.3. The van der Waals surface area contributed by atoms with Crippen molar-refractivity contribution in [3.8, 4) is 0 Å². The maximum Gasteiger partial charge on any atom is 0.329 e. The number of ketones is 2. The van der Waals surface area contributed by atoms with Crippen LogP contribution in [0.15, 0.2) is 23.8 Å². The van der Waals surface area contributed by atoms with E-state index in [0.29, 0.717) is 64.2 Å². The molecule has 2 N–H and O–H groups in total. The van der Waals surface area contributed by atoms with E-state index in [1.807, 2.05) is 39.8 Å². The summed E-state index contributed by atoms with van der Waals surface area (Å²) >= 11 is 0. The zero-order valence-electron chi connectivity index (χ0n) is 37.6. The number of aliphatic hydroxyl groups is 2. The molecule has 4 aliphatic rings. The molecule has 0 saturated carbocycles. The Balaban J connectivity index is 1.50. The van der Waals surface area contributed by atoms with Crippen molar-refractivity contribution in [1.82, 2.24) is 9.80 Å². The number of piperidine rings is 2. The predicted octanol–water partition coefficient (Wildman–Crippen LogP) is 5.25. The van der Waals surface area contributed by atoms with E-state index in [2.05, 4.69) is 0 Å². The monoisotopic (exact) mass is 845 g/mol. The Labute approximate surface area is 356 Å². The van der Waals surface area contributed by atoms with Gasteiger partial charge in [-0.25, -0.2) is 9.59 Å². The average molecular weight is 845 g/mol. The summed E-state index contributed by atoms with van der Waals surface area (Å²) in [5.74, 6) is -8.22. The van der Waals surface area contributed by atoms with Gasteiger partial charge in [0.2, 0.25) is 11.6 Å². The van der Waals surface area contributed by atoms with Crippen molar-refractivity contribution in [2.45, 2.75) is 181 Å². The number of nitrogens with zero attached hydrogens (tertiary/aromatic N) is 2. The van der Waals surface area contributed by atoms with E-state index in [4.69, 9.17) is 18.9 Å². The lowest BCUT2D eigenvalue weighted by molar-refractivity contribution is -0.234. The molecule has 10 unspecified atom stereocenters. The second kappa shape index (κ2) is 21.1. The molecule has 3 aliphatic heterocycles. The molecule has 3 fully saturated rings. The first-order valence-electron chi connectivity index (χ1n) is 22.3. The highest BCUT2D eigenvalue weighted by atomic mass is 16.6. The fourth-order valence-electron chi connectivity index (χ4n) is 8.75. The lowest BCUT2D eigenvalue weighted by atomic mass is 9.80. The smallest absolute Gasteiger partial charge is 0.329 e. The van der Waals surface area contributed by atoms with Gasteiger partial charge >= 0.3 is 17.7 Å². The summed E-state index contributed by atoms with van der Waals surface area (Å²) in [4.78, 5) is 85.1. The van der Waals surface area contributed by atoms with Crippen molar-refractivity contribution < 1.29 is 57.9 Å². The number of allylic oxidation sites excluding steroid dienone is 2. The number of hydrogen-bond donors (Lipinski definition) is 2. The summed E-state index contributed by atoms with van der Waals surface area (Å²) in [5.41, 5.74) is 0.0648. The molecule has 0 bridgehead atoms. The van der Waals surface area contributed by atoms with Crippen LogP contribution < -0.4 is 0 Å². The SMILES string of the molecule is CCC(C)(C)C(=O)C(=O)N1CCC(CC(C)C2CCC(C)C(=O)C(O)(C(=O)N3CCCCC3C(=O)OC(/C=C/C3=CC(OC)C(O)CC3)C(C)C)O2)CC1C(=O)OC(C)C. The second-order valence-electron chi connectivity index (χ2n) is 18.9. The second-order valence-corrected chi connectivity index (χ2v) is 18.9. The third-order valence-corrected chi connectivity index (χ3v) is 13.1. The first-order chi connectivity index (χ1) is 28.1. The van der Waals surface area contributed by atoms with Crippen molar-refractivity contribution in [3.05, 3.63) is 23.8 Å². The Morgan fingerprint density at radius 1 is 0.950 bits per heavy atom. The van der Waals surface area contributed by atoms with Gasteiger partial charge in [0.05, 0.1) is 18.3 Å². The number of ether oxygens (including phenoxy) is 4. The van der Waals surface area contributed by atoms with E-state index < -0.39 is 95.0 Å². The fourth-order valence-corrected chi connectivity index (χ4v) is 8.75. The van der Waals surface area contributed by atoms with Gasteiger partial charge in [0.25, 0.3) is 11.8 Å². The van der Waals surface area contributed by atoms with Crippen LogP contribution in [0.2, 0.25) is 0 Å². The van der Waals surface area contributed by atoms with Crippen molar-refractivity contribution >= 4 is 35.3 Å². The highest BCUT2D eigenvalue weighted by Crippen LogP contribution is 2.38. The van der Waals surface area contributed by atoms with Crippen molar-refractivity contribution in [1.29, 1.82) is 0 Å². The number of esters is 2. The number of methoxy groups -OCH3 is 1. The highest BCUT2D eigenvalue weighted by molar-refractivity contribution is 6.38. The van der Waals surface area contributed by atoms with Crippen LogP contribution in [0.25, 0.3) is 0 Å². The standard InChI is InChI=1S/C46H72N2O12/c1-11-45(8,9)40(51)41(52)47-23-21-32(25-34(47)43(54)58-28(4)5)24-30(7)37-19-15-29(6)39(50)46(56,60-37)44(55)48-22-13-12-14-33(48)42(53)59-36(27(2)3)20-17-31-16-18-35(49)38(26-31)57-10/h17,20,26-30,32-38,49,56H,11-16,18-19,21-25H2,1-10H3/b20-17+. The van der Waals surface area contributed by atoms with Gasteiger partial charge < -0.3 is 39.0 Å². The van der Waals surface area contributed by atoms with E-state index in [-0.39, 0.29) is 37.3 Å². The first kappa shape index (κ1) is 49.2. The number of rotatable bonds is 15. The predicted molar refractivity (Wildman–Crippen MR) is 223 cm³/mol. The molecule has 0 spiro atoms. The van der Waals surface area contributed by atoms with Gasteiger partial charge in [-0.15, -0.1) is 0 Å². The molecule has 14 heteroatoms. The third-order valence-electron chi connectivity index (χ3n) is 13.1. The molecule has 14 nitrogen and oxygen atoms in total. The minimum atomic E-state index is -2.83. The first-order valence-corrected chi connectivity index (χ1v) is 22.3. The summed E-state index contributed by atoms with van der Waals surface area (Å²) < 4.78 is 23.2. The molecular weight excluding hydrogens is 773 g/mol. The molecule has 0 radical (unpaired) electrons. The molecule has 338 valence electrons. The van der Waals surface area contributed by atoms with Crippen LogP contribution in [0.1, 0.15) is 133 Å². The quantitative estimate of drug-likeness (QED) is 0.124. The number of aliphatic hydroxyl groups excluding tert-OH is 1. The molecule has 3 saturated heterocycles. The molecule has 3 heterocycles. The normalized spacial score (nSPS) is 30.5. The van der Waals surface area contributed by atoms with E-state index in [0.717, 1.165) is 5.57 Å². The van der Waals surface area contributed by atoms with Crippen molar-refractivity contribution in [2.75, 3.05) is 20.2 Å². The molecule has 60 heavy (non-hydrogen) atoms. The molecule has 0 aromatic rings. The Morgan fingerprint density at radius 2 is 1.63 bits per heavy atom. The van der Waals surface area contributed by atoms with Gasteiger partial charge in [-0.2, -0.15) is 0 Å².